The molecular formula is C37H25N3. The minimum Gasteiger partial charge on any atom is -0.344 e. The molecule has 3 heteroatoms. The lowest BCUT2D eigenvalue weighted by Gasteiger charge is -2.10. The zero-order valence-electron chi connectivity index (χ0n) is 22.0. The van der Waals surface area contributed by atoms with Gasteiger partial charge in [0.25, 0.3) is 0 Å². The van der Waals surface area contributed by atoms with E-state index in [-0.39, 0.29) is 0 Å². The minimum absolute atomic E-state index is 1.18. The van der Waals surface area contributed by atoms with E-state index in [0.29, 0.717) is 0 Å². The van der Waals surface area contributed by atoms with Crippen LogP contribution in [-0.4, -0.2) is 13.7 Å². The number of rotatable bonds is 2. The summed E-state index contributed by atoms with van der Waals surface area (Å²) in [5.74, 6) is 0. The van der Waals surface area contributed by atoms with Crippen molar-refractivity contribution in [2.75, 3.05) is 0 Å². The van der Waals surface area contributed by atoms with Crippen molar-refractivity contribution in [3.63, 3.8) is 0 Å². The smallest absolute Gasteiger partial charge is 0.0548 e. The monoisotopic (exact) mass is 511 g/mol. The van der Waals surface area contributed by atoms with Crippen LogP contribution in [0.25, 0.3) is 76.8 Å². The van der Waals surface area contributed by atoms with Crippen LogP contribution < -0.4 is 0 Å². The first-order valence-corrected chi connectivity index (χ1v) is 13.8. The maximum absolute atomic E-state index is 2.44. The lowest BCUT2D eigenvalue weighted by molar-refractivity contribution is 1.02. The Kier molecular flexibility index (Phi) is 4.26. The quantitative estimate of drug-likeness (QED) is 0.219. The number of hydrogen-bond acceptors (Lipinski definition) is 0. The summed E-state index contributed by atoms with van der Waals surface area (Å²) in [4.78, 5) is 0. The fourth-order valence-corrected chi connectivity index (χ4v) is 6.85. The summed E-state index contributed by atoms with van der Waals surface area (Å²) in [5, 5.41) is 7.66. The van der Waals surface area contributed by atoms with Crippen LogP contribution in [0.4, 0.5) is 0 Å². The van der Waals surface area contributed by atoms with Crippen LogP contribution in [0.5, 0.6) is 0 Å². The average Bonchev–Trinajstić information content (AvgIpc) is 3.62. The number of para-hydroxylation sites is 4. The van der Waals surface area contributed by atoms with Gasteiger partial charge in [-0.3, -0.25) is 0 Å². The number of fused-ring (bicyclic) bond motifs is 9. The van der Waals surface area contributed by atoms with Crippen molar-refractivity contribution in [1.29, 1.82) is 0 Å². The van der Waals surface area contributed by atoms with E-state index in [4.69, 9.17) is 0 Å². The highest BCUT2D eigenvalue weighted by atomic mass is 15.0. The third-order valence-electron chi connectivity index (χ3n) is 8.64. The summed E-state index contributed by atoms with van der Waals surface area (Å²) in [6.45, 7) is 0. The van der Waals surface area contributed by atoms with E-state index in [9.17, 15) is 0 Å². The Bertz CT molecular complexity index is 2430. The highest BCUT2D eigenvalue weighted by molar-refractivity contribution is 6.18. The molecule has 9 rings (SSSR count). The van der Waals surface area contributed by atoms with Crippen LogP contribution in [0.15, 0.2) is 133 Å². The predicted molar refractivity (Wildman–Crippen MR) is 169 cm³/mol. The molecule has 40 heavy (non-hydrogen) atoms. The summed E-state index contributed by atoms with van der Waals surface area (Å²) in [6, 6.07) is 48.6. The third-order valence-corrected chi connectivity index (χ3v) is 8.64. The first kappa shape index (κ1) is 21.6. The third kappa shape index (κ3) is 2.79. The molecule has 0 saturated carbocycles. The van der Waals surface area contributed by atoms with Gasteiger partial charge in [-0.2, -0.15) is 0 Å². The summed E-state index contributed by atoms with van der Waals surface area (Å²) in [5.41, 5.74) is 9.77. The van der Waals surface area contributed by atoms with Gasteiger partial charge in [0.15, 0.2) is 0 Å². The second-order valence-electron chi connectivity index (χ2n) is 10.7. The van der Waals surface area contributed by atoms with Crippen LogP contribution in [0.2, 0.25) is 0 Å². The van der Waals surface area contributed by atoms with E-state index < -0.39 is 0 Å². The van der Waals surface area contributed by atoms with E-state index in [1.165, 1.54) is 76.8 Å². The van der Waals surface area contributed by atoms with Gasteiger partial charge in [-0.25, -0.2) is 0 Å². The standard InChI is InChI=1S/C37H25N3/c1-38-32-16-8-5-13-26(32)30-23-37-31(22-36(30)38)28-15-7-10-18-34(28)40(37)25-19-20-35-29(21-25)27-14-6-9-17-33(27)39(35)24-11-3-2-4-12-24/h2-23H,1H3. The molecule has 3 nitrogen and oxygen atoms in total. The zero-order valence-corrected chi connectivity index (χ0v) is 22.0. The largest absolute Gasteiger partial charge is 0.344 e. The molecule has 0 saturated heterocycles. The second-order valence-corrected chi connectivity index (χ2v) is 10.7. The first-order chi connectivity index (χ1) is 19.8. The van der Waals surface area contributed by atoms with Gasteiger partial charge in [-0.15, -0.1) is 0 Å². The van der Waals surface area contributed by atoms with Crippen molar-refractivity contribution in [1.82, 2.24) is 13.7 Å². The van der Waals surface area contributed by atoms with Gasteiger partial charge in [-0.1, -0.05) is 72.8 Å². The Balaban J connectivity index is 1.40. The summed E-state index contributed by atoms with van der Waals surface area (Å²) in [7, 11) is 2.17. The lowest BCUT2D eigenvalue weighted by Crippen LogP contribution is -1.95. The molecule has 0 spiro atoms. The van der Waals surface area contributed by atoms with E-state index in [0.717, 1.165) is 0 Å². The van der Waals surface area contributed by atoms with Crippen molar-refractivity contribution in [2.24, 2.45) is 7.05 Å². The minimum atomic E-state index is 1.18. The van der Waals surface area contributed by atoms with E-state index in [1.807, 2.05) is 0 Å². The van der Waals surface area contributed by atoms with Gasteiger partial charge in [0, 0.05) is 61.8 Å². The summed E-state index contributed by atoms with van der Waals surface area (Å²) < 4.78 is 7.14. The van der Waals surface area contributed by atoms with Gasteiger partial charge in [-0.05, 0) is 60.7 Å². The SMILES string of the molecule is Cn1c2ccccc2c2cc3c(cc21)c1ccccc1n3-c1ccc2c(c1)c1ccccc1n2-c1ccccc1. The van der Waals surface area contributed by atoms with Gasteiger partial charge < -0.3 is 13.7 Å². The maximum atomic E-state index is 2.44. The molecule has 3 heterocycles. The topological polar surface area (TPSA) is 14.8 Å². The Morgan fingerprint density at radius 1 is 0.325 bits per heavy atom. The average molecular weight is 512 g/mol. The van der Waals surface area contributed by atoms with Gasteiger partial charge in [0.2, 0.25) is 0 Å². The van der Waals surface area contributed by atoms with Gasteiger partial charge in [0.1, 0.15) is 0 Å². The van der Waals surface area contributed by atoms with Crippen molar-refractivity contribution in [2.45, 2.75) is 0 Å². The predicted octanol–water partition coefficient (Wildman–Crippen LogP) is 9.53. The lowest BCUT2D eigenvalue weighted by atomic mass is 10.1. The van der Waals surface area contributed by atoms with E-state index in [1.54, 1.807) is 0 Å². The van der Waals surface area contributed by atoms with Crippen molar-refractivity contribution < 1.29 is 0 Å². The second kappa shape index (κ2) is 7.87. The number of hydrogen-bond donors (Lipinski definition) is 0. The molecule has 9 aromatic rings. The molecule has 0 atom stereocenters. The fourth-order valence-electron chi connectivity index (χ4n) is 6.85. The molecule has 0 aliphatic carbocycles. The Labute approximate surface area is 230 Å². The zero-order chi connectivity index (χ0) is 26.4. The van der Waals surface area contributed by atoms with Crippen molar-refractivity contribution in [3.05, 3.63) is 133 Å². The molecular weight excluding hydrogens is 486 g/mol. The normalized spacial score (nSPS) is 12.1. The molecule has 0 unspecified atom stereocenters. The number of nitrogens with zero attached hydrogens (tertiary/aromatic N) is 3. The molecule has 0 amide bonds. The Morgan fingerprint density at radius 2 is 0.800 bits per heavy atom. The van der Waals surface area contributed by atoms with Crippen LogP contribution >= 0.6 is 0 Å². The van der Waals surface area contributed by atoms with Crippen LogP contribution in [0.1, 0.15) is 0 Å². The number of benzene rings is 6. The molecule has 0 fully saturated rings. The van der Waals surface area contributed by atoms with E-state index >= 15 is 0 Å². The molecule has 0 aliphatic heterocycles. The Hall–Kier alpha value is -5.28. The highest BCUT2D eigenvalue weighted by Gasteiger charge is 2.18. The fraction of sp³-hybridized carbons (Fsp3) is 0.0270. The number of aromatic nitrogens is 3. The van der Waals surface area contributed by atoms with Crippen molar-refractivity contribution >= 4 is 65.4 Å². The maximum Gasteiger partial charge on any atom is 0.0548 e. The highest BCUT2D eigenvalue weighted by Crippen LogP contribution is 2.39. The molecule has 3 aromatic heterocycles. The van der Waals surface area contributed by atoms with Crippen LogP contribution in [-0.2, 0) is 7.05 Å². The summed E-state index contributed by atoms with van der Waals surface area (Å²) >= 11 is 0. The van der Waals surface area contributed by atoms with Crippen LogP contribution in [0, 0.1) is 0 Å². The molecule has 0 radical (unpaired) electrons. The van der Waals surface area contributed by atoms with Crippen LogP contribution in [0.3, 0.4) is 0 Å². The molecule has 0 aliphatic rings. The molecule has 188 valence electrons. The summed E-state index contributed by atoms with van der Waals surface area (Å²) in [6.07, 6.45) is 0. The van der Waals surface area contributed by atoms with Crippen molar-refractivity contribution in [3.8, 4) is 11.4 Å². The molecule has 6 aromatic carbocycles. The number of aryl methyl sites for hydroxylation is 1. The molecule has 0 bridgehead atoms. The van der Waals surface area contributed by atoms with E-state index in [2.05, 4.69) is 154 Å². The van der Waals surface area contributed by atoms with Gasteiger partial charge >= 0.3 is 0 Å². The molecule has 0 N–H and O–H groups in total. The Morgan fingerprint density at radius 3 is 1.50 bits per heavy atom. The first-order valence-electron chi connectivity index (χ1n) is 13.8. The van der Waals surface area contributed by atoms with Gasteiger partial charge in [0.05, 0.1) is 22.1 Å².